The molecule has 1 aliphatic rings. The van der Waals surface area contributed by atoms with Crippen LogP contribution in [0.1, 0.15) is 34.6 Å². The minimum absolute atomic E-state index is 0.194. The molecule has 1 unspecified atom stereocenters. The van der Waals surface area contributed by atoms with Gasteiger partial charge in [-0.2, -0.15) is 10.2 Å². The van der Waals surface area contributed by atoms with Gasteiger partial charge < -0.3 is 10.4 Å². The predicted octanol–water partition coefficient (Wildman–Crippen LogP) is 0.594. The van der Waals surface area contributed by atoms with Crippen molar-refractivity contribution in [2.75, 3.05) is 6.54 Å². The zero-order chi connectivity index (χ0) is 12.4. The minimum atomic E-state index is -0.421. The first-order chi connectivity index (χ1) is 8.08. The molecule has 92 valence electrons. The van der Waals surface area contributed by atoms with Crippen molar-refractivity contribution in [1.29, 1.82) is 0 Å². The third-order valence-corrected chi connectivity index (χ3v) is 2.98. The molecule has 1 aliphatic carbocycles. The second kappa shape index (κ2) is 4.79. The third-order valence-electron chi connectivity index (χ3n) is 2.98. The van der Waals surface area contributed by atoms with Crippen LogP contribution in [0.5, 0.6) is 0 Å². The van der Waals surface area contributed by atoms with Crippen LogP contribution < -0.4 is 5.32 Å². The Kier molecular flexibility index (Phi) is 3.38. The number of aliphatic hydroxyl groups excluding tert-OH is 1. The summed E-state index contributed by atoms with van der Waals surface area (Å²) in [6.07, 6.45) is 1.70. The number of carbonyl (C=O) groups excluding carboxylic acids is 1. The fourth-order valence-corrected chi connectivity index (χ4v) is 1.72. The van der Waals surface area contributed by atoms with Crippen molar-refractivity contribution in [3.05, 3.63) is 23.0 Å². The second-order valence-electron chi connectivity index (χ2n) is 4.60. The van der Waals surface area contributed by atoms with Gasteiger partial charge in [-0.25, -0.2) is 0 Å². The molecule has 0 aliphatic heterocycles. The van der Waals surface area contributed by atoms with Crippen molar-refractivity contribution in [3.63, 3.8) is 0 Å². The summed E-state index contributed by atoms with van der Waals surface area (Å²) in [5, 5.41) is 20.2. The predicted molar refractivity (Wildman–Crippen MR) is 62.6 cm³/mol. The summed E-state index contributed by atoms with van der Waals surface area (Å²) in [4.78, 5) is 11.9. The van der Waals surface area contributed by atoms with Crippen molar-refractivity contribution < 1.29 is 9.90 Å². The third kappa shape index (κ3) is 3.00. The van der Waals surface area contributed by atoms with E-state index < -0.39 is 6.10 Å². The molecule has 17 heavy (non-hydrogen) atoms. The Morgan fingerprint density at radius 2 is 2.24 bits per heavy atom. The monoisotopic (exact) mass is 235 g/mol. The lowest BCUT2D eigenvalue weighted by Gasteiger charge is -2.11. The highest BCUT2D eigenvalue weighted by atomic mass is 16.3. The Morgan fingerprint density at radius 3 is 2.88 bits per heavy atom. The molecule has 1 aromatic heterocycles. The number of aromatic nitrogens is 2. The average molecular weight is 235 g/mol. The summed E-state index contributed by atoms with van der Waals surface area (Å²) in [6.45, 7) is 3.85. The molecule has 0 saturated heterocycles. The van der Waals surface area contributed by atoms with Gasteiger partial charge in [-0.15, -0.1) is 0 Å². The Bertz CT molecular complexity index is 430. The van der Waals surface area contributed by atoms with Gasteiger partial charge in [0, 0.05) is 6.54 Å². The van der Waals surface area contributed by atoms with Gasteiger partial charge in [0.25, 0.3) is 5.91 Å². The van der Waals surface area contributed by atoms with Gasteiger partial charge in [0.1, 0.15) is 0 Å². The van der Waals surface area contributed by atoms with Gasteiger partial charge in [0.2, 0.25) is 0 Å². The normalized spacial score (nSPS) is 16.6. The average Bonchev–Trinajstić information content (AvgIpc) is 3.12. The summed E-state index contributed by atoms with van der Waals surface area (Å²) < 4.78 is 0. The molecule has 1 heterocycles. The van der Waals surface area contributed by atoms with Crippen molar-refractivity contribution in [3.8, 4) is 0 Å². The van der Waals surface area contributed by atoms with Crippen LogP contribution in [0.3, 0.4) is 0 Å². The molecule has 5 heteroatoms. The lowest BCUT2D eigenvalue weighted by Crippen LogP contribution is -2.33. The molecule has 0 aromatic carbocycles. The minimum Gasteiger partial charge on any atom is -0.391 e. The van der Waals surface area contributed by atoms with E-state index in [-0.39, 0.29) is 5.91 Å². The van der Waals surface area contributed by atoms with Gasteiger partial charge in [-0.1, -0.05) is 0 Å². The molecule has 5 nitrogen and oxygen atoms in total. The molecule has 0 bridgehead atoms. The summed E-state index contributed by atoms with van der Waals surface area (Å²) >= 11 is 0. The zero-order valence-corrected chi connectivity index (χ0v) is 10.1. The zero-order valence-electron chi connectivity index (χ0n) is 10.1. The van der Waals surface area contributed by atoms with Crippen LogP contribution in [0.2, 0.25) is 0 Å². The Balaban J connectivity index is 1.96. The number of rotatable bonds is 4. The van der Waals surface area contributed by atoms with E-state index in [1.807, 2.05) is 0 Å². The van der Waals surface area contributed by atoms with E-state index in [0.717, 1.165) is 12.8 Å². The summed E-state index contributed by atoms with van der Waals surface area (Å²) in [6, 6.07) is 1.71. The maximum atomic E-state index is 11.9. The van der Waals surface area contributed by atoms with E-state index in [9.17, 15) is 9.90 Å². The molecule has 1 amide bonds. The lowest BCUT2D eigenvalue weighted by atomic mass is 10.1. The van der Waals surface area contributed by atoms with E-state index >= 15 is 0 Å². The van der Waals surface area contributed by atoms with Crippen molar-refractivity contribution in [2.45, 2.75) is 32.8 Å². The maximum absolute atomic E-state index is 11.9. The van der Waals surface area contributed by atoms with Gasteiger partial charge in [0.05, 0.1) is 23.1 Å². The quantitative estimate of drug-likeness (QED) is 0.801. The molecular formula is C12H17N3O2. The number of nitrogens with zero attached hydrogens (tertiary/aromatic N) is 2. The topological polar surface area (TPSA) is 75.1 Å². The van der Waals surface area contributed by atoms with Crippen LogP contribution in [-0.4, -0.2) is 33.9 Å². The number of aliphatic hydroxyl groups is 1. The number of amides is 1. The summed E-state index contributed by atoms with van der Waals surface area (Å²) in [5.41, 5.74) is 1.85. The highest BCUT2D eigenvalue weighted by molar-refractivity contribution is 5.95. The van der Waals surface area contributed by atoms with Gasteiger partial charge in [-0.05, 0) is 38.7 Å². The van der Waals surface area contributed by atoms with E-state index in [1.165, 1.54) is 0 Å². The number of hydrogen-bond acceptors (Lipinski definition) is 4. The number of nitrogens with one attached hydrogen (secondary N) is 1. The largest absolute Gasteiger partial charge is 0.391 e. The molecule has 2 N–H and O–H groups in total. The van der Waals surface area contributed by atoms with E-state index in [2.05, 4.69) is 15.5 Å². The van der Waals surface area contributed by atoms with Crippen LogP contribution in [0.25, 0.3) is 0 Å². The maximum Gasteiger partial charge on any atom is 0.253 e. The first-order valence-corrected chi connectivity index (χ1v) is 5.85. The highest BCUT2D eigenvalue weighted by Gasteiger charge is 2.29. The van der Waals surface area contributed by atoms with Crippen molar-refractivity contribution in [2.24, 2.45) is 5.92 Å². The Morgan fingerprint density at radius 1 is 1.53 bits per heavy atom. The van der Waals surface area contributed by atoms with Crippen LogP contribution in [-0.2, 0) is 0 Å². The molecule has 0 radical (unpaired) electrons. The SMILES string of the molecule is Cc1cc(C(=O)NCC(O)C2CC2)c(C)nn1. The summed E-state index contributed by atoms with van der Waals surface area (Å²) in [5.74, 6) is 0.175. The molecule has 2 rings (SSSR count). The van der Waals surface area contributed by atoms with E-state index in [1.54, 1.807) is 19.9 Å². The van der Waals surface area contributed by atoms with Crippen LogP contribution >= 0.6 is 0 Å². The lowest BCUT2D eigenvalue weighted by molar-refractivity contribution is 0.0900. The van der Waals surface area contributed by atoms with Crippen molar-refractivity contribution in [1.82, 2.24) is 15.5 Å². The molecular weight excluding hydrogens is 218 g/mol. The van der Waals surface area contributed by atoms with Crippen molar-refractivity contribution >= 4 is 5.91 Å². The van der Waals surface area contributed by atoms with E-state index in [0.29, 0.717) is 29.4 Å². The molecule has 1 aromatic rings. The number of hydrogen-bond donors (Lipinski definition) is 2. The second-order valence-corrected chi connectivity index (χ2v) is 4.60. The Hall–Kier alpha value is -1.49. The fraction of sp³-hybridized carbons (Fsp3) is 0.583. The van der Waals surface area contributed by atoms with Crippen LogP contribution in [0.15, 0.2) is 6.07 Å². The number of aryl methyl sites for hydroxylation is 2. The van der Waals surface area contributed by atoms with Gasteiger partial charge >= 0.3 is 0 Å². The summed E-state index contributed by atoms with van der Waals surface area (Å²) in [7, 11) is 0. The van der Waals surface area contributed by atoms with Gasteiger partial charge in [0.15, 0.2) is 0 Å². The standard InChI is InChI=1S/C12H17N3O2/c1-7-5-10(8(2)15-14-7)12(17)13-6-11(16)9-3-4-9/h5,9,11,16H,3-4,6H2,1-2H3,(H,13,17). The van der Waals surface area contributed by atoms with Crippen LogP contribution in [0.4, 0.5) is 0 Å². The molecule has 1 atom stereocenters. The first-order valence-electron chi connectivity index (χ1n) is 5.85. The smallest absolute Gasteiger partial charge is 0.253 e. The van der Waals surface area contributed by atoms with Crippen LogP contribution in [0, 0.1) is 19.8 Å². The Labute approximate surface area is 100 Å². The first kappa shape index (κ1) is 12.0. The van der Waals surface area contributed by atoms with E-state index in [4.69, 9.17) is 0 Å². The molecule has 1 saturated carbocycles. The highest BCUT2D eigenvalue weighted by Crippen LogP contribution is 2.32. The van der Waals surface area contributed by atoms with Gasteiger partial charge in [-0.3, -0.25) is 4.79 Å². The molecule has 1 fully saturated rings. The fourth-order valence-electron chi connectivity index (χ4n) is 1.72. The number of carbonyl (C=O) groups is 1. The molecule has 0 spiro atoms.